The van der Waals surface area contributed by atoms with Crippen LogP contribution in [0.15, 0.2) is 0 Å². The van der Waals surface area contributed by atoms with E-state index in [1.165, 1.54) is 0 Å². The Labute approximate surface area is 107 Å². The molecule has 1 fully saturated rings. The lowest BCUT2D eigenvalue weighted by molar-refractivity contribution is -0.130. The molecule has 6 heteroatoms. The normalized spacial score (nSPS) is 17.1. The summed E-state index contributed by atoms with van der Waals surface area (Å²) < 4.78 is 0. The van der Waals surface area contributed by atoms with E-state index in [1.54, 1.807) is 20.9 Å². The van der Waals surface area contributed by atoms with Crippen LogP contribution in [0.3, 0.4) is 0 Å². The number of rotatable bonds is 5. The molecule has 0 spiro atoms. The zero-order valence-electron chi connectivity index (χ0n) is 10.4. The summed E-state index contributed by atoms with van der Waals surface area (Å²) in [5.41, 5.74) is 4.25. The topological polar surface area (TPSA) is 84.2 Å². The zero-order valence-corrected chi connectivity index (χ0v) is 11.2. The molecular weight excluding hydrogens is 238 g/mol. The number of carbonyl (C=O) groups is 2. The van der Waals surface area contributed by atoms with Crippen LogP contribution in [0.5, 0.6) is 0 Å². The summed E-state index contributed by atoms with van der Waals surface area (Å²) in [6.45, 7) is 3.81. The molecule has 0 bridgehead atoms. The molecule has 96 valence electrons. The fourth-order valence-electron chi connectivity index (χ4n) is 1.60. The summed E-state index contributed by atoms with van der Waals surface area (Å²) in [4.78, 5) is 23.7. The van der Waals surface area contributed by atoms with E-state index < -0.39 is 10.8 Å². The van der Waals surface area contributed by atoms with Crippen LogP contribution in [-0.4, -0.2) is 30.4 Å². The molecule has 0 aromatic rings. The van der Waals surface area contributed by atoms with Crippen molar-refractivity contribution in [3.05, 3.63) is 0 Å². The van der Waals surface area contributed by atoms with E-state index in [1.807, 2.05) is 0 Å². The molecule has 0 aliphatic heterocycles. The van der Waals surface area contributed by atoms with Crippen LogP contribution in [0.1, 0.15) is 26.7 Å². The molecule has 17 heavy (non-hydrogen) atoms. The third kappa shape index (κ3) is 2.74. The molecule has 0 radical (unpaired) electrons. The van der Waals surface area contributed by atoms with Crippen molar-refractivity contribution >= 4 is 29.0 Å². The molecule has 0 aromatic heterocycles. The largest absolute Gasteiger partial charge is 0.392 e. The standard InChI is InChI=1S/C11H19N3O2S/c1-10(2,8(15)13-3)6-14-9(16)11(4-5-11)7(12)17/h4-6H2,1-3H3,(H2,12,17)(H,13,15)(H,14,16). The number of hydrogen-bond donors (Lipinski definition) is 3. The maximum Gasteiger partial charge on any atom is 0.233 e. The van der Waals surface area contributed by atoms with Crippen molar-refractivity contribution in [1.29, 1.82) is 0 Å². The van der Waals surface area contributed by atoms with Crippen LogP contribution < -0.4 is 16.4 Å². The number of nitrogens with one attached hydrogen (secondary N) is 2. The van der Waals surface area contributed by atoms with Crippen LogP contribution in [0, 0.1) is 10.8 Å². The Morgan fingerprint density at radius 1 is 1.41 bits per heavy atom. The zero-order chi connectivity index (χ0) is 13.3. The first kappa shape index (κ1) is 13.9. The Hall–Kier alpha value is -1.17. The highest BCUT2D eigenvalue weighted by Gasteiger charge is 2.52. The molecule has 0 saturated heterocycles. The Morgan fingerprint density at radius 3 is 2.29 bits per heavy atom. The van der Waals surface area contributed by atoms with Gasteiger partial charge < -0.3 is 16.4 Å². The maximum atomic E-state index is 11.9. The average Bonchev–Trinajstić information content (AvgIpc) is 3.05. The molecule has 0 unspecified atom stereocenters. The Kier molecular flexibility index (Phi) is 3.76. The minimum absolute atomic E-state index is 0.113. The minimum atomic E-state index is -0.659. The van der Waals surface area contributed by atoms with Crippen LogP contribution in [0.2, 0.25) is 0 Å². The van der Waals surface area contributed by atoms with Gasteiger partial charge in [-0.1, -0.05) is 12.2 Å². The fraction of sp³-hybridized carbons (Fsp3) is 0.727. The van der Waals surface area contributed by atoms with E-state index >= 15 is 0 Å². The van der Waals surface area contributed by atoms with Crippen LogP contribution in [0.25, 0.3) is 0 Å². The highest BCUT2D eigenvalue weighted by Crippen LogP contribution is 2.46. The minimum Gasteiger partial charge on any atom is -0.392 e. The van der Waals surface area contributed by atoms with Crippen LogP contribution in [0.4, 0.5) is 0 Å². The van der Waals surface area contributed by atoms with Crippen molar-refractivity contribution in [3.8, 4) is 0 Å². The molecule has 4 N–H and O–H groups in total. The van der Waals surface area contributed by atoms with Gasteiger partial charge in [-0.15, -0.1) is 0 Å². The van der Waals surface area contributed by atoms with Crippen molar-refractivity contribution in [2.75, 3.05) is 13.6 Å². The molecule has 1 rings (SSSR count). The third-order valence-electron chi connectivity index (χ3n) is 3.19. The first-order valence-corrected chi connectivity index (χ1v) is 5.97. The SMILES string of the molecule is CNC(=O)C(C)(C)CNC(=O)C1(C(N)=S)CC1. The van der Waals surface area contributed by atoms with Crippen molar-refractivity contribution in [1.82, 2.24) is 10.6 Å². The Morgan fingerprint density at radius 2 is 1.94 bits per heavy atom. The number of nitrogens with two attached hydrogens (primary N) is 1. The van der Waals surface area contributed by atoms with Gasteiger partial charge in [-0.2, -0.15) is 0 Å². The van der Waals surface area contributed by atoms with E-state index in [-0.39, 0.29) is 23.3 Å². The van der Waals surface area contributed by atoms with Crippen molar-refractivity contribution < 1.29 is 9.59 Å². The molecular formula is C11H19N3O2S. The summed E-state index contributed by atoms with van der Waals surface area (Å²) >= 11 is 4.89. The number of thiocarbonyl (C=S) groups is 1. The highest BCUT2D eigenvalue weighted by atomic mass is 32.1. The van der Waals surface area contributed by atoms with Crippen molar-refractivity contribution in [3.63, 3.8) is 0 Å². The maximum absolute atomic E-state index is 11.9. The molecule has 1 aliphatic rings. The fourth-order valence-corrected chi connectivity index (χ4v) is 1.90. The molecule has 2 amide bonds. The smallest absolute Gasteiger partial charge is 0.233 e. The van der Waals surface area contributed by atoms with Gasteiger partial charge in [0.15, 0.2) is 0 Å². The molecule has 1 saturated carbocycles. The van der Waals surface area contributed by atoms with Crippen LogP contribution in [-0.2, 0) is 9.59 Å². The van der Waals surface area contributed by atoms with E-state index in [2.05, 4.69) is 10.6 Å². The summed E-state index contributed by atoms with van der Waals surface area (Å²) in [6, 6.07) is 0. The van der Waals surface area contributed by atoms with Crippen molar-refractivity contribution in [2.24, 2.45) is 16.6 Å². The Balaban J connectivity index is 2.55. The van der Waals surface area contributed by atoms with Gasteiger partial charge in [0.25, 0.3) is 0 Å². The second kappa shape index (κ2) is 4.60. The van der Waals surface area contributed by atoms with Gasteiger partial charge in [0.2, 0.25) is 11.8 Å². The number of hydrogen-bond acceptors (Lipinski definition) is 3. The highest BCUT2D eigenvalue weighted by molar-refractivity contribution is 7.80. The average molecular weight is 257 g/mol. The second-order valence-corrected chi connectivity index (χ2v) is 5.53. The monoisotopic (exact) mass is 257 g/mol. The van der Waals surface area contributed by atoms with Crippen molar-refractivity contribution in [2.45, 2.75) is 26.7 Å². The van der Waals surface area contributed by atoms with Gasteiger partial charge in [0.05, 0.1) is 15.8 Å². The first-order chi connectivity index (χ1) is 7.76. The molecule has 0 aromatic carbocycles. The van der Waals surface area contributed by atoms with Gasteiger partial charge >= 0.3 is 0 Å². The Bertz CT molecular complexity index is 362. The number of amides is 2. The molecule has 0 heterocycles. The van der Waals surface area contributed by atoms with Gasteiger partial charge in [-0.25, -0.2) is 0 Å². The lowest BCUT2D eigenvalue weighted by atomic mass is 9.92. The summed E-state index contributed by atoms with van der Waals surface area (Å²) in [5, 5.41) is 5.32. The van der Waals surface area contributed by atoms with E-state index in [4.69, 9.17) is 18.0 Å². The van der Waals surface area contributed by atoms with Gasteiger partial charge in [-0.3, -0.25) is 9.59 Å². The predicted octanol–water partition coefficient (Wildman–Crippen LogP) is -0.0589. The first-order valence-electron chi connectivity index (χ1n) is 5.57. The molecule has 5 nitrogen and oxygen atoms in total. The quantitative estimate of drug-likeness (QED) is 0.603. The van der Waals surface area contributed by atoms with E-state index in [0.717, 1.165) is 0 Å². The van der Waals surface area contributed by atoms with Gasteiger partial charge in [0.1, 0.15) is 0 Å². The summed E-state index contributed by atoms with van der Waals surface area (Å²) in [7, 11) is 1.57. The summed E-state index contributed by atoms with van der Waals surface area (Å²) in [5.74, 6) is -0.278. The summed E-state index contributed by atoms with van der Waals surface area (Å²) in [6.07, 6.45) is 1.41. The molecule has 1 aliphatic carbocycles. The van der Waals surface area contributed by atoms with E-state index in [0.29, 0.717) is 12.8 Å². The van der Waals surface area contributed by atoms with Gasteiger partial charge in [-0.05, 0) is 26.7 Å². The van der Waals surface area contributed by atoms with Gasteiger partial charge in [0, 0.05) is 13.6 Å². The van der Waals surface area contributed by atoms with E-state index in [9.17, 15) is 9.59 Å². The lowest BCUT2D eigenvalue weighted by Crippen LogP contribution is -2.47. The second-order valence-electron chi connectivity index (χ2n) is 5.09. The van der Waals surface area contributed by atoms with Crippen LogP contribution >= 0.6 is 12.2 Å². The third-order valence-corrected chi connectivity index (χ3v) is 3.58. The molecule has 0 atom stereocenters. The number of carbonyl (C=O) groups excluding carboxylic acids is 2. The predicted molar refractivity (Wildman–Crippen MR) is 69.3 cm³/mol. The lowest BCUT2D eigenvalue weighted by Gasteiger charge is -2.24.